The zero-order valence-corrected chi connectivity index (χ0v) is 8.73. The number of rotatable bonds is 3. The molecule has 2 rings (SSSR count). The minimum absolute atomic E-state index is 0.0951. The number of hydrogen-bond acceptors (Lipinski definition) is 2. The highest BCUT2D eigenvalue weighted by Crippen LogP contribution is 2.44. The largest absolute Gasteiger partial charge is 0.480 e. The highest BCUT2D eigenvalue weighted by molar-refractivity contribution is 5.81. The third kappa shape index (κ3) is 1.63. The van der Waals surface area contributed by atoms with Crippen LogP contribution >= 0.6 is 0 Å². The Bertz CT molecular complexity index is 381. The fourth-order valence-electron chi connectivity index (χ4n) is 1.90. The van der Waals surface area contributed by atoms with E-state index >= 15 is 0 Å². The average molecular weight is 205 g/mol. The number of hydrogen-bond donors (Lipinski definition) is 2. The molecule has 0 spiro atoms. The molecule has 0 aromatic heterocycles. The molecule has 0 amide bonds. The van der Waals surface area contributed by atoms with Gasteiger partial charge in [0, 0.05) is 0 Å². The molecular weight excluding hydrogens is 190 g/mol. The summed E-state index contributed by atoms with van der Waals surface area (Å²) in [6.07, 6.45) is 1.83. The normalized spacial score (nSPS) is 19.6. The van der Waals surface area contributed by atoms with Gasteiger partial charge in [-0.1, -0.05) is 29.8 Å². The van der Waals surface area contributed by atoms with Gasteiger partial charge in [0.05, 0.1) is 0 Å². The SMILES string of the molecule is Cc1ccc(C(N)(C(=O)O)C2CC2)cc1. The Balaban J connectivity index is 2.40. The third-order valence-electron chi connectivity index (χ3n) is 3.10. The molecule has 1 aliphatic rings. The predicted octanol–water partition coefficient (Wildman–Crippen LogP) is 1.64. The number of aliphatic carboxylic acids is 1. The molecule has 0 radical (unpaired) electrons. The van der Waals surface area contributed by atoms with Crippen LogP contribution < -0.4 is 5.73 Å². The lowest BCUT2D eigenvalue weighted by molar-refractivity contribution is -0.144. The van der Waals surface area contributed by atoms with Gasteiger partial charge in [0.15, 0.2) is 0 Å². The van der Waals surface area contributed by atoms with Crippen LogP contribution in [0, 0.1) is 12.8 Å². The summed E-state index contributed by atoms with van der Waals surface area (Å²) in [4.78, 5) is 11.3. The number of carbonyl (C=O) groups is 1. The molecule has 0 bridgehead atoms. The molecule has 1 unspecified atom stereocenters. The summed E-state index contributed by atoms with van der Waals surface area (Å²) in [5, 5.41) is 9.24. The monoisotopic (exact) mass is 205 g/mol. The lowest BCUT2D eigenvalue weighted by atomic mass is 9.86. The molecule has 3 nitrogen and oxygen atoms in total. The molecule has 1 aromatic rings. The first-order valence-corrected chi connectivity index (χ1v) is 5.14. The maximum atomic E-state index is 11.3. The first-order valence-electron chi connectivity index (χ1n) is 5.14. The Labute approximate surface area is 88.9 Å². The fourth-order valence-corrected chi connectivity index (χ4v) is 1.90. The van der Waals surface area contributed by atoms with Gasteiger partial charge in [0.25, 0.3) is 0 Å². The Hall–Kier alpha value is -1.35. The molecule has 1 aromatic carbocycles. The van der Waals surface area contributed by atoms with E-state index in [4.69, 9.17) is 5.73 Å². The van der Waals surface area contributed by atoms with Crippen LogP contribution in [0.1, 0.15) is 24.0 Å². The molecule has 1 fully saturated rings. The van der Waals surface area contributed by atoms with Crippen molar-refractivity contribution in [2.24, 2.45) is 11.7 Å². The van der Waals surface area contributed by atoms with Gasteiger partial charge in [-0.3, -0.25) is 0 Å². The van der Waals surface area contributed by atoms with Crippen LogP contribution in [-0.2, 0) is 10.3 Å². The summed E-state index contributed by atoms with van der Waals surface area (Å²) in [6.45, 7) is 1.97. The topological polar surface area (TPSA) is 63.3 Å². The lowest BCUT2D eigenvalue weighted by Gasteiger charge is -2.25. The summed E-state index contributed by atoms with van der Waals surface area (Å²) in [7, 11) is 0. The van der Waals surface area contributed by atoms with E-state index in [2.05, 4.69) is 0 Å². The van der Waals surface area contributed by atoms with Crippen LogP contribution in [0.5, 0.6) is 0 Å². The van der Waals surface area contributed by atoms with Gasteiger partial charge >= 0.3 is 5.97 Å². The number of carboxylic acid groups (broad SMARTS) is 1. The van der Waals surface area contributed by atoms with Crippen LogP contribution in [0.25, 0.3) is 0 Å². The zero-order chi connectivity index (χ0) is 11.1. The first kappa shape index (κ1) is 10.2. The van der Waals surface area contributed by atoms with E-state index in [-0.39, 0.29) is 5.92 Å². The Kier molecular flexibility index (Phi) is 2.27. The van der Waals surface area contributed by atoms with Gasteiger partial charge in [-0.25, -0.2) is 4.79 Å². The number of carboxylic acids is 1. The number of nitrogens with two attached hydrogens (primary N) is 1. The molecule has 80 valence electrons. The highest BCUT2D eigenvalue weighted by Gasteiger charge is 2.49. The maximum Gasteiger partial charge on any atom is 0.328 e. The molecular formula is C12H15NO2. The Morgan fingerprint density at radius 3 is 2.33 bits per heavy atom. The Morgan fingerprint density at radius 1 is 1.40 bits per heavy atom. The van der Waals surface area contributed by atoms with E-state index in [9.17, 15) is 9.90 Å². The van der Waals surface area contributed by atoms with Gasteiger partial charge in [0.2, 0.25) is 0 Å². The van der Waals surface area contributed by atoms with Crippen molar-refractivity contribution < 1.29 is 9.90 Å². The highest BCUT2D eigenvalue weighted by atomic mass is 16.4. The van der Waals surface area contributed by atoms with Crippen molar-refractivity contribution in [2.45, 2.75) is 25.3 Å². The molecule has 3 heteroatoms. The standard InChI is InChI=1S/C12H15NO2/c1-8-2-4-9(5-3-8)12(13,11(14)15)10-6-7-10/h2-5,10H,6-7,13H2,1H3,(H,14,15). The van der Waals surface area contributed by atoms with Crippen LogP contribution in [0.3, 0.4) is 0 Å². The number of benzene rings is 1. The molecule has 1 atom stereocenters. The lowest BCUT2D eigenvalue weighted by Crippen LogP contribution is -2.47. The Morgan fingerprint density at radius 2 is 1.93 bits per heavy atom. The molecule has 0 aliphatic heterocycles. The van der Waals surface area contributed by atoms with E-state index in [1.165, 1.54) is 0 Å². The zero-order valence-electron chi connectivity index (χ0n) is 8.73. The van der Waals surface area contributed by atoms with Crippen molar-refractivity contribution in [3.63, 3.8) is 0 Å². The maximum absolute atomic E-state index is 11.3. The second kappa shape index (κ2) is 3.35. The van der Waals surface area contributed by atoms with Crippen LogP contribution in [0.2, 0.25) is 0 Å². The fraction of sp³-hybridized carbons (Fsp3) is 0.417. The second-order valence-corrected chi connectivity index (χ2v) is 4.31. The quantitative estimate of drug-likeness (QED) is 0.788. The smallest absolute Gasteiger partial charge is 0.328 e. The summed E-state index contributed by atoms with van der Waals surface area (Å²) in [5.41, 5.74) is 6.66. The van der Waals surface area contributed by atoms with Crippen LogP contribution in [0.4, 0.5) is 0 Å². The van der Waals surface area contributed by atoms with Gasteiger partial charge in [-0.05, 0) is 31.2 Å². The van der Waals surface area contributed by atoms with Crippen molar-refractivity contribution in [3.8, 4) is 0 Å². The summed E-state index contributed by atoms with van der Waals surface area (Å²) >= 11 is 0. The predicted molar refractivity (Wildman–Crippen MR) is 57.4 cm³/mol. The van der Waals surface area contributed by atoms with Gasteiger partial charge in [0.1, 0.15) is 5.54 Å². The average Bonchev–Trinajstić information content (AvgIpc) is 3.00. The van der Waals surface area contributed by atoms with E-state index in [0.717, 1.165) is 18.4 Å². The van der Waals surface area contributed by atoms with E-state index in [1.807, 2.05) is 31.2 Å². The summed E-state index contributed by atoms with van der Waals surface area (Å²) < 4.78 is 0. The minimum atomic E-state index is -1.19. The third-order valence-corrected chi connectivity index (χ3v) is 3.10. The van der Waals surface area contributed by atoms with Gasteiger partial charge in [-0.2, -0.15) is 0 Å². The molecule has 0 saturated heterocycles. The van der Waals surface area contributed by atoms with Crippen molar-refractivity contribution in [1.82, 2.24) is 0 Å². The minimum Gasteiger partial charge on any atom is -0.480 e. The van der Waals surface area contributed by atoms with Crippen LogP contribution in [0.15, 0.2) is 24.3 Å². The molecule has 1 saturated carbocycles. The second-order valence-electron chi connectivity index (χ2n) is 4.31. The molecule has 1 aliphatic carbocycles. The first-order chi connectivity index (χ1) is 7.05. The van der Waals surface area contributed by atoms with E-state index in [0.29, 0.717) is 5.56 Å². The van der Waals surface area contributed by atoms with Gasteiger partial charge in [-0.15, -0.1) is 0 Å². The van der Waals surface area contributed by atoms with Crippen molar-refractivity contribution >= 4 is 5.97 Å². The van der Waals surface area contributed by atoms with Crippen LogP contribution in [-0.4, -0.2) is 11.1 Å². The molecule has 3 N–H and O–H groups in total. The van der Waals surface area contributed by atoms with Crippen molar-refractivity contribution in [3.05, 3.63) is 35.4 Å². The summed E-state index contributed by atoms with van der Waals surface area (Å²) in [5.74, 6) is -0.827. The number of aryl methyl sites for hydroxylation is 1. The molecule has 15 heavy (non-hydrogen) atoms. The van der Waals surface area contributed by atoms with Crippen molar-refractivity contribution in [1.29, 1.82) is 0 Å². The summed E-state index contributed by atoms with van der Waals surface area (Å²) in [6, 6.07) is 7.45. The van der Waals surface area contributed by atoms with E-state index < -0.39 is 11.5 Å². The van der Waals surface area contributed by atoms with Crippen molar-refractivity contribution in [2.75, 3.05) is 0 Å². The van der Waals surface area contributed by atoms with Gasteiger partial charge < -0.3 is 10.8 Å². The van der Waals surface area contributed by atoms with E-state index in [1.54, 1.807) is 0 Å². The molecule has 0 heterocycles.